The van der Waals surface area contributed by atoms with Crippen molar-refractivity contribution in [1.82, 2.24) is 5.01 Å². The molecule has 2 N–H and O–H groups in total. The number of sulfonamides is 1. The van der Waals surface area contributed by atoms with Gasteiger partial charge in [-0.2, -0.15) is 5.10 Å². The Hall–Kier alpha value is -3.73. The summed E-state index contributed by atoms with van der Waals surface area (Å²) in [7, 11) is -3.49. The van der Waals surface area contributed by atoms with E-state index >= 15 is 0 Å². The van der Waals surface area contributed by atoms with E-state index in [1.165, 1.54) is 11.0 Å². The van der Waals surface area contributed by atoms with E-state index in [9.17, 15) is 22.8 Å². The van der Waals surface area contributed by atoms with Gasteiger partial charge in [0, 0.05) is 22.6 Å². The van der Waals surface area contributed by atoms with E-state index in [1.54, 1.807) is 18.2 Å². The van der Waals surface area contributed by atoms with E-state index in [0.717, 1.165) is 54.6 Å². The zero-order valence-corrected chi connectivity index (χ0v) is 24.3. The molecule has 2 aliphatic rings. The molecule has 0 unspecified atom stereocenters. The molecule has 0 spiro atoms. The summed E-state index contributed by atoms with van der Waals surface area (Å²) in [5.74, 6) is -0.494. The first-order valence-corrected chi connectivity index (χ1v) is 15.4. The van der Waals surface area contributed by atoms with E-state index in [1.807, 2.05) is 45.0 Å². The Morgan fingerprint density at radius 2 is 1.65 bits per heavy atom. The largest absolute Gasteiger partial charge is 0.345 e. The fourth-order valence-electron chi connectivity index (χ4n) is 4.92. The van der Waals surface area contributed by atoms with Crippen molar-refractivity contribution < 1.29 is 22.8 Å². The Labute approximate surface area is 235 Å². The molecule has 1 saturated carbocycles. The van der Waals surface area contributed by atoms with Crippen LogP contribution in [0, 0.1) is 11.3 Å². The number of ketones is 1. The first-order chi connectivity index (χ1) is 18.8. The lowest BCUT2D eigenvalue weighted by atomic mass is 9.83. The van der Waals surface area contributed by atoms with Crippen LogP contribution >= 0.6 is 0 Å². The van der Waals surface area contributed by atoms with Crippen LogP contribution in [0.2, 0.25) is 0 Å². The van der Waals surface area contributed by atoms with E-state index in [4.69, 9.17) is 5.10 Å². The van der Waals surface area contributed by atoms with Crippen LogP contribution in [-0.2, 0) is 19.6 Å². The molecule has 1 heterocycles. The van der Waals surface area contributed by atoms with Gasteiger partial charge < -0.3 is 5.32 Å². The van der Waals surface area contributed by atoms with E-state index in [2.05, 4.69) is 10.0 Å². The molecule has 4 rings (SSSR count). The number of para-hydroxylation sites is 1. The quantitative estimate of drug-likeness (QED) is 0.472. The van der Waals surface area contributed by atoms with Crippen molar-refractivity contribution in [2.75, 3.05) is 34.3 Å². The van der Waals surface area contributed by atoms with Gasteiger partial charge >= 0.3 is 6.03 Å². The van der Waals surface area contributed by atoms with Crippen LogP contribution < -0.4 is 14.9 Å². The monoisotopic (exact) mass is 567 g/mol. The molecule has 0 atom stereocenters. The van der Waals surface area contributed by atoms with Crippen LogP contribution in [0.5, 0.6) is 0 Å². The molecule has 1 fully saturated rings. The van der Waals surface area contributed by atoms with Gasteiger partial charge in [0.15, 0.2) is 5.78 Å². The first kappa shape index (κ1) is 29.3. The molecule has 40 heavy (non-hydrogen) atoms. The van der Waals surface area contributed by atoms with Gasteiger partial charge in [-0.15, -0.1) is 0 Å². The molecule has 0 radical (unpaired) electrons. The van der Waals surface area contributed by atoms with Gasteiger partial charge in [0.1, 0.15) is 6.54 Å². The highest BCUT2D eigenvalue weighted by molar-refractivity contribution is 7.92. The number of nitrogens with zero attached hydrogens (tertiary/aromatic N) is 3. The molecule has 2 aromatic rings. The number of nitrogens with one attached hydrogen (secondary N) is 2. The van der Waals surface area contributed by atoms with Gasteiger partial charge in [-0.25, -0.2) is 18.2 Å². The Morgan fingerprint density at radius 1 is 0.975 bits per heavy atom. The number of hydrogen-bond donors (Lipinski definition) is 2. The number of carbonyl (C=O) groups is 3. The summed E-state index contributed by atoms with van der Waals surface area (Å²) >= 11 is 0. The summed E-state index contributed by atoms with van der Waals surface area (Å²) in [5, 5.41) is 8.66. The van der Waals surface area contributed by atoms with Crippen LogP contribution in [0.3, 0.4) is 0 Å². The summed E-state index contributed by atoms with van der Waals surface area (Å²) < 4.78 is 25.6. The minimum Gasteiger partial charge on any atom is -0.324 e. The average Bonchev–Trinajstić information content (AvgIpc) is 2.98. The average molecular weight is 568 g/mol. The molecule has 0 bridgehead atoms. The predicted octanol–water partition coefficient (Wildman–Crippen LogP) is 4.84. The first-order valence-electron chi connectivity index (χ1n) is 13.5. The summed E-state index contributed by atoms with van der Waals surface area (Å²) in [6.45, 7) is 4.90. The fourth-order valence-corrected chi connectivity index (χ4v) is 5.48. The molecule has 10 nitrogen and oxygen atoms in total. The summed E-state index contributed by atoms with van der Waals surface area (Å²) in [6.07, 6.45) is 6.18. The SMILES string of the molecule is CC(C)(C)C(=O)CN1C(=O)N(CC(=O)Nc2cccc(NS(C)(=O)=O)c2)N=C(C2CCCCC2)c2ccccc21. The van der Waals surface area contributed by atoms with Crippen molar-refractivity contribution >= 4 is 50.5 Å². The molecule has 11 heteroatoms. The Bertz CT molecular complexity index is 1420. The molecule has 3 amide bonds. The molecule has 1 aliphatic carbocycles. The maximum Gasteiger partial charge on any atom is 0.345 e. The van der Waals surface area contributed by atoms with Gasteiger partial charge in [-0.3, -0.25) is 19.2 Å². The number of hydrogen-bond acceptors (Lipinski definition) is 6. The molecule has 1 aliphatic heterocycles. The topological polar surface area (TPSA) is 128 Å². The number of amides is 3. The van der Waals surface area contributed by atoms with Crippen LogP contribution in [0.1, 0.15) is 58.4 Å². The number of anilines is 3. The molecular weight excluding hydrogens is 530 g/mol. The third-order valence-electron chi connectivity index (χ3n) is 7.02. The molecule has 0 aromatic heterocycles. The van der Waals surface area contributed by atoms with Gasteiger partial charge in [-0.1, -0.05) is 64.3 Å². The van der Waals surface area contributed by atoms with E-state index < -0.39 is 27.4 Å². The third-order valence-corrected chi connectivity index (χ3v) is 7.63. The minimum absolute atomic E-state index is 0.114. The normalized spacial score (nSPS) is 16.6. The van der Waals surface area contributed by atoms with Gasteiger partial charge in [-0.05, 0) is 37.1 Å². The van der Waals surface area contributed by atoms with Gasteiger partial charge in [0.25, 0.3) is 0 Å². The van der Waals surface area contributed by atoms with Crippen molar-refractivity contribution in [3.05, 3.63) is 54.1 Å². The van der Waals surface area contributed by atoms with Crippen LogP contribution in [0.4, 0.5) is 21.9 Å². The zero-order valence-electron chi connectivity index (χ0n) is 23.4. The summed E-state index contributed by atoms with van der Waals surface area (Å²) in [4.78, 5) is 41.6. The second-order valence-electron chi connectivity index (χ2n) is 11.4. The van der Waals surface area contributed by atoms with Crippen LogP contribution in [0.15, 0.2) is 53.6 Å². The number of urea groups is 1. The highest BCUT2D eigenvalue weighted by Crippen LogP contribution is 2.34. The highest BCUT2D eigenvalue weighted by Gasteiger charge is 2.36. The predicted molar refractivity (Wildman–Crippen MR) is 157 cm³/mol. The Morgan fingerprint density at radius 3 is 2.33 bits per heavy atom. The molecule has 214 valence electrons. The zero-order chi connectivity index (χ0) is 29.1. The van der Waals surface area contributed by atoms with E-state index in [-0.39, 0.29) is 24.8 Å². The number of benzene rings is 2. The van der Waals surface area contributed by atoms with Crippen molar-refractivity contribution in [1.29, 1.82) is 0 Å². The number of fused-ring (bicyclic) bond motifs is 1. The number of carbonyl (C=O) groups excluding carboxylic acids is 3. The number of Topliss-reactive ketones (excluding diaryl/α,β-unsaturated/α-hetero) is 1. The second-order valence-corrected chi connectivity index (χ2v) is 13.2. The summed E-state index contributed by atoms with van der Waals surface area (Å²) in [5.41, 5.74) is 2.15. The van der Waals surface area contributed by atoms with Crippen molar-refractivity contribution in [3.8, 4) is 0 Å². The third kappa shape index (κ3) is 7.26. The van der Waals surface area contributed by atoms with Crippen molar-refractivity contribution in [3.63, 3.8) is 0 Å². The lowest BCUT2D eigenvalue weighted by molar-refractivity contribution is -0.124. The lowest BCUT2D eigenvalue weighted by Crippen LogP contribution is -2.47. The van der Waals surface area contributed by atoms with E-state index in [0.29, 0.717) is 17.1 Å². The van der Waals surface area contributed by atoms with Gasteiger partial charge in [0.2, 0.25) is 15.9 Å². The van der Waals surface area contributed by atoms with Crippen molar-refractivity contribution in [2.45, 2.75) is 52.9 Å². The Kier molecular flexibility index (Phi) is 8.62. The van der Waals surface area contributed by atoms with Gasteiger partial charge in [0.05, 0.1) is 29.9 Å². The molecule has 0 saturated heterocycles. The summed E-state index contributed by atoms with van der Waals surface area (Å²) in [6, 6.07) is 13.2. The maximum absolute atomic E-state index is 13.9. The molecule has 2 aromatic carbocycles. The van der Waals surface area contributed by atoms with Crippen LogP contribution in [-0.4, -0.2) is 56.2 Å². The standard InChI is InChI=1S/C29H37N5O5S/c1-29(2,3)25(35)18-33-24-16-9-8-15-23(24)27(20-11-6-5-7-12-20)31-34(28(33)37)19-26(36)30-21-13-10-14-22(17-21)32-40(4,38)39/h8-10,13-17,20,32H,5-7,11-12,18-19H2,1-4H3,(H,30,36). The number of rotatable bonds is 8. The van der Waals surface area contributed by atoms with Crippen molar-refractivity contribution in [2.24, 2.45) is 16.4 Å². The second kappa shape index (κ2) is 11.8. The Balaban J connectivity index is 1.67. The lowest BCUT2D eigenvalue weighted by Gasteiger charge is -2.28. The maximum atomic E-state index is 13.9. The fraction of sp³-hybridized carbons (Fsp3) is 0.448. The number of hydrazone groups is 1. The minimum atomic E-state index is -3.49. The van der Waals surface area contributed by atoms with Crippen LogP contribution in [0.25, 0.3) is 0 Å². The smallest absolute Gasteiger partial charge is 0.324 e. The highest BCUT2D eigenvalue weighted by atomic mass is 32.2. The molecular formula is C29H37N5O5S.